The second-order valence-corrected chi connectivity index (χ2v) is 6.17. The summed E-state index contributed by atoms with van der Waals surface area (Å²) in [7, 11) is 0. The molecular weight excluding hydrogens is 236 g/mol. The third-order valence-corrected chi connectivity index (χ3v) is 4.75. The number of rotatable bonds is 8. The highest BCUT2D eigenvalue weighted by atomic mass is 16.5. The maximum absolute atomic E-state index is 5.68. The first-order valence-electron chi connectivity index (χ1n) is 8.41. The van der Waals surface area contributed by atoms with Crippen molar-refractivity contribution in [1.82, 2.24) is 9.80 Å². The van der Waals surface area contributed by atoms with Crippen molar-refractivity contribution in [3.63, 3.8) is 0 Å². The van der Waals surface area contributed by atoms with Crippen LogP contribution in [0.1, 0.15) is 52.4 Å². The van der Waals surface area contributed by atoms with Gasteiger partial charge in [-0.05, 0) is 38.6 Å². The Hall–Kier alpha value is -0.120. The Bertz CT molecular complexity index is 247. The van der Waals surface area contributed by atoms with Gasteiger partial charge >= 0.3 is 0 Å². The van der Waals surface area contributed by atoms with Gasteiger partial charge in [0.2, 0.25) is 0 Å². The molecule has 0 bridgehead atoms. The van der Waals surface area contributed by atoms with Crippen LogP contribution in [0.25, 0.3) is 0 Å². The third-order valence-electron chi connectivity index (χ3n) is 4.75. The molecule has 2 aliphatic heterocycles. The van der Waals surface area contributed by atoms with E-state index in [1.165, 1.54) is 64.7 Å². The molecule has 0 saturated carbocycles. The number of nitrogens with zero attached hydrogens (tertiary/aromatic N) is 2. The van der Waals surface area contributed by atoms with E-state index in [9.17, 15) is 0 Å². The molecule has 0 aromatic rings. The largest absolute Gasteiger partial charge is 0.381 e. The number of ether oxygens (including phenoxy) is 1. The summed E-state index contributed by atoms with van der Waals surface area (Å²) in [6.45, 7) is 11.6. The second-order valence-electron chi connectivity index (χ2n) is 6.17. The van der Waals surface area contributed by atoms with Gasteiger partial charge in [0.15, 0.2) is 0 Å². The van der Waals surface area contributed by atoms with E-state index in [0.29, 0.717) is 0 Å². The number of fused-ring (bicyclic) bond motifs is 1. The standard InChI is InChI=1S/C16H32N2O/c1-3-5-11-19-12-7-10-17-14-16-8-6-9-18(16)13-15(17)4-2/h15-16H,3-14H2,1-2H3. The number of piperazine rings is 1. The summed E-state index contributed by atoms with van der Waals surface area (Å²) < 4.78 is 5.68. The lowest BCUT2D eigenvalue weighted by atomic mass is 10.0. The number of unbranched alkanes of at least 4 members (excludes halogenated alkanes) is 1. The molecule has 0 N–H and O–H groups in total. The molecule has 0 radical (unpaired) electrons. The van der Waals surface area contributed by atoms with Crippen LogP contribution in [-0.2, 0) is 4.74 Å². The fourth-order valence-corrected chi connectivity index (χ4v) is 3.53. The summed E-state index contributed by atoms with van der Waals surface area (Å²) >= 11 is 0. The van der Waals surface area contributed by atoms with Crippen molar-refractivity contribution in [2.45, 2.75) is 64.5 Å². The maximum Gasteiger partial charge on any atom is 0.0478 e. The van der Waals surface area contributed by atoms with Gasteiger partial charge in [0.05, 0.1) is 0 Å². The van der Waals surface area contributed by atoms with Gasteiger partial charge < -0.3 is 4.74 Å². The first-order chi connectivity index (χ1) is 9.35. The molecule has 2 aliphatic rings. The normalized spacial score (nSPS) is 28.7. The van der Waals surface area contributed by atoms with E-state index in [2.05, 4.69) is 23.6 Å². The van der Waals surface area contributed by atoms with Gasteiger partial charge in [-0.15, -0.1) is 0 Å². The molecule has 3 nitrogen and oxygen atoms in total. The van der Waals surface area contributed by atoms with Gasteiger partial charge in [0.1, 0.15) is 0 Å². The minimum absolute atomic E-state index is 0.782. The molecule has 0 amide bonds. The fourth-order valence-electron chi connectivity index (χ4n) is 3.53. The molecule has 2 rings (SSSR count). The zero-order valence-corrected chi connectivity index (χ0v) is 12.9. The summed E-state index contributed by atoms with van der Waals surface area (Å²) in [6.07, 6.45) is 7.77. The first kappa shape index (κ1) is 15.3. The van der Waals surface area contributed by atoms with Crippen molar-refractivity contribution in [3.8, 4) is 0 Å². The van der Waals surface area contributed by atoms with Crippen molar-refractivity contribution in [3.05, 3.63) is 0 Å². The Kier molecular flexibility index (Phi) is 6.62. The van der Waals surface area contributed by atoms with Crippen molar-refractivity contribution >= 4 is 0 Å². The topological polar surface area (TPSA) is 15.7 Å². The molecule has 3 heteroatoms. The summed E-state index contributed by atoms with van der Waals surface area (Å²) in [4.78, 5) is 5.46. The van der Waals surface area contributed by atoms with E-state index in [-0.39, 0.29) is 0 Å². The Labute approximate surface area is 119 Å². The minimum Gasteiger partial charge on any atom is -0.381 e. The third kappa shape index (κ3) is 4.44. The monoisotopic (exact) mass is 268 g/mol. The SMILES string of the molecule is CCCCOCCCN1CC2CCCN2CC1CC. The van der Waals surface area contributed by atoms with Gasteiger partial charge in [-0.2, -0.15) is 0 Å². The molecule has 2 fully saturated rings. The van der Waals surface area contributed by atoms with Crippen LogP contribution in [0.2, 0.25) is 0 Å². The van der Waals surface area contributed by atoms with Gasteiger partial charge in [0.25, 0.3) is 0 Å². The predicted molar refractivity (Wildman–Crippen MR) is 80.6 cm³/mol. The van der Waals surface area contributed by atoms with E-state index in [0.717, 1.165) is 25.3 Å². The van der Waals surface area contributed by atoms with Crippen LogP contribution in [0, 0.1) is 0 Å². The van der Waals surface area contributed by atoms with Crippen molar-refractivity contribution in [2.24, 2.45) is 0 Å². The van der Waals surface area contributed by atoms with Crippen LogP contribution in [0.15, 0.2) is 0 Å². The minimum atomic E-state index is 0.782. The van der Waals surface area contributed by atoms with Gasteiger partial charge in [-0.3, -0.25) is 9.80 Å². The average Bonchev–Trinajstić information content (AvgIpc) is 2.88. The molecule has 2 atom stereocenters. The molecule has 0 aliphatic carbocycles. The summed E-state index contributed by atoms with van der Waals surface area (Å²) in [5, 5.41) is 0. The van der Waals surface area contributed by atoms with Gasteiger partial charge in [-0.1, -0.05) is 20.3 Å². The summed E-state index contributed by atoms with van der Waals surface area (Å²) in [6, 6.07) is 1.63. The van der Waals surface area contributed by atoms with E-state index >= 15 is 0 Å². The van der Waals surface area contributed by atoms with Crippen molar-refractivity contribution in [2.75, 3.05) is 39.4 Å². The summed E-state index contributed by atoms with van der Waals surface area (Å²) in [5.74, 6) is 0. The molecular formula is C16H32N2O. The molecule has 2 saturated heterocycles. The Balaban J connectivity index is 1.66. The first-order valence-corrected chi connectivity index (χ1v) is 8.41. The van der Waals surface area contributed by atoms with E-state index < -0.39 is 0 Å². The van der Waals surface area contributed by atoms with Crippen molar-refractivity contribution < 1.29 is 4.74 Å². The van der Waals surface area contributed by atoms with Crippen LogP contribution >= 0.6 is 0 Å². The quantitative estimate of drug-likeness (QED) is 0.630. The maximum atomic E-state index is 5.68. The van der Waals surface area contributed by atoms with E-state index in [4.69, 9.17) is 4.74 Å². The van der Waals surface area contributed by atoms with Crippen LogP contribution in [0.3, 0.4) is 0 Å². The predicted octanol–water partition coefficient (Wildman–Crippen LogP) is 2.75. The van der Waals surface area contributed by atoms with Crippen molar-refractivity contribution in [1.29, 1.82) is 0 Å². The highest BCUT2D eigenvalue weighted by Crippen LogP contribution is 2.25. The molecule has 112 valence electrons. The van der Waals surface area contributed by atoms with Crippen LogP contribution in [0.5, 0.6) is 0 Å². The smallest absolute Gasteiger partial charge is 0.0478 e. The lowest BCUT2D eigenvalue weighted by Gasteiger charge is -2.43. The number of hydrogen-bond acceptors (Lipinski definition) is 3. The average molecular weight is 268 g/mol. The molecule has 2 heterocycles. The Morgan fingerprint density at radius 1 is 1.11 bits per heavy atom. The molecule has 19 heavy (non-hydrogen) atoms. The van der Waals surface area contributed by atoms with Gasteiger partial charge in [-0.25, -0.2) is 0 Å². The zero-order valence-electron chi connectivity index (χ0n) is 12.9. The lowest BCUT2D eigenvalue weighted by Crippen LogP contribution is -2.56. The second kappa shape index (κ2) is 8.23. The Morgan fingerprint density at radius 2 is 1.95 bits per heavy atom. The molecule has 0 aromatic carbocycles. The number of hydrogen-bond donors (Lipinski definition) is 0. The van der Waals surface area contributed by atoms with E-state index in [1.54, 1.807) is 0 Å². The van der Waals surface area contributed by atoms with Crippen LogP contribution in [-0.4, -0.2) is 61.3 Å². The fraction of sp³-hybridized carbons (Fsp3) is 1.00. The highest BCUT2D eigenvalue weighted by molar-refractivity contribution is 4.91. The molecule has 0 aromatic heterocycles. The van der Waals surface area contributed by atoms with Gasteiger partial charge in [0, 0.05) is 44.9 Å². The summed E-state index contributed by atoms with van der Waals surface area (Å²) in [5.41, 5.74) is 0. The molecule has 0 spiro atoms. The molecule has 2 unspecified atom stereocenters. The Morgan fingerprint density at radius 3 is 2.74 bits per heavy atom. The zero-order chi connectivity index (χ0) is 13.5. The lowest BCUT2D eigenvalue weighted by molar-refractivity contribution is 0.0393. The van der Waals surface area contributed by atoms with E-state index in [1.807, 2.05) is 0 Å². The van der Waals surface area contributed by atoms with Crippen LogP contribution < -0.4 is 0 Å². The highest BCUT2D eigenvalue weighted by Gasteiger charge is 2.34. The van der Waals surface area contributed by atoms with Crippen LogP contribution in [0.4, 0.5) is 0 Å².